The number of ether oxygens (including phenoxy) is 1. The topological polar surface area (TPSA) is 103 Å². The van der Waals surface area contributed by atoms with Crippen LogP contribution in [0.1, 0.15) is 53.0 Å². The summed E-state index contributed by atoms with van der Waals surface area (Å²) in [5.41, 5.74) is 0.353. The number of alkyl carbamates (subject to hydrolysis) is 1. The van der Waals surface area contributed by atoms with Crippen LogP contribution in [-0.2, 0) is 43.0 Å². The van der Waals surface area contributed by atoms with Gasteiger partial charge in [0.25, 0.3) is 0 Å². The number of carbonyl (C=O) groups is 3. The predicted molar refractivity (Wildman–Crippen MR) is 152 cm³/mol. The third kappa shape index (κ3) is 9.87. The van der Waals surface area contributed by atoms with E-state index in [1.807, 2.05) is 36.4 Å². The number of hydrogen-bond acceptors (Lipinski definition) is 7. The van der Waals surface area contributed by atoms with Gasteiger partial charge >= 0.3 is 36.6 Å². The first kappa shape index (κ1) is 37.0. The summed E-state index contributed by atoms with van der Waals surface area (Å²) in [5.74, 6) is -4.76. The fraction of sp³-hybridized carbons (Fsp3) is 0.344. The number of rotatable bonds is 11. The Morgan fingerprint density at radius 1 is 0.735 bits per heavy atom. The van der Waals surface area contributed by atoms with Crippen molar-refractivity contribution in [2.24, 2.45) is 0 Å². The van der Waals surface area contributed by atoms with E-state index < -0.39 is 53.7 Å². The van der Waals surface area contributed by atoms with Crippen LogP contribution in [0.25, 0.3) is 11.1 Å². The average Bonchev–Trinajstić information content (AvgIpc) is 3.35. The third-order valence-corrected chi connectivity index (χ3v) is 7.42. The lowest BCUT2D eigenvalue weighted by Crippen LogP contribution is -2.43. The highest BCUT2D eigenvalue weighted by Crippen LogP contribution is 2.44. The van der Waals surface area contributed by atoms with Crippen molar-refractivity contribution < 1.29 is 68.4 Å². The third-order valence-electron chi connectivity index (χ3n) is 7.42. The molecule has 0 aromatic heterocycles. The molecule has 49 heavy (non-hydrogen) atoms. The van der Waals surface area contributed by atoms with E-state index in [-0.39, 0.29) is 56.5 Å². The van der Waals surface area contributed by atoms with Crippen LogP contribution in [0, 0.1) is 0 Å². The first-order valence-electron chi connectivity index (χ1n) is 14.5. The van der Waals surface area contributed by atoms with Crippen LogP contribution < -0.4 is 10.6 Å². The molecule has 0 heterocycles. The van der Waals surface area contributed by atoms with Crippen molar-refractivity contribution in [1.82, 2.24) is 10.6 Å². The van der Waals surface area contributed by atoms with Gasteiger partial charge in [0.05, 0.1) is 11.1 Å². The number of carbonyl (C=O) groups excluding carboxylic acids is 3. The van der Waals surface area contributed by atoms with Crippen molar-refractivity contribution in [3.63, 3.8) is 0 Å². The zero-order chi connectivity index (χ0) is 36.0. The number of amides is 1. The van der Waals surface area contributed by atoms with Gasteiger partial charge in [0, 0.05) is 12.5 Å². The van der Waals surface area contributed by atoms with Gasteiger partial charge in [-0.05, 0) is 71.8 Å². The number of hydrogen-bond donors (Lipinski definition) is 2. The van der Waals surface area contributed by atoms with E-state index in [1.165, 1.54) is 0 Å². The fourth-order valence-corrected chi connectivity index (χ4v) is 5.17. The van der Waals surface area contributed by atoms with E-state index in [1.54, 1.807) is 12.1 Å². The van der Waals surface area contributed by atoms with Crippen LogP contribution in [-0.4, -0.2) is 43.4 Å². The van der Waals surface area contributed by atoms with E-state index in [0.717, 1.165) is 22.3 Å². The molecule has 0 aliphatic heterocycles. The minimum Gasteiger partial charge on any atom is -0.449 e. The second-order valence-electron chi connectivity index (χ2n) is 10.9. The summed E-state index contributed by atoms with van der Waals surface area (Å²) in [6, 6.07) is 14.3. The van der Waals surface area contributed by atoms with Crippen molar-refractivity contribution in [2.45, 2.75) is 56.3 Å². The summed E-state index contributed by atoms with van der Waals surface area (Å²) < 4.78 is 122. The number of halogens is 9. The zero-order valence-corrected chi connectivity index (χ0v) is 25.1. The number of alkyl halides is 9. The summed E-state index contributed by atoms with van der Waals surface area (Å²) >= 11 is 0. The second kappa shape index (κ2) is 15.2. The molecule has 0 unspecified atom stereocenters. The lowest BCUT2D eigenvalue weighted by Gasteiger charge is -2.18. The number of unbranched alkanes of at least 4 members (excludes halogenated alkanes) is 1. The van der Waals surface area contributed by atoms with Gasteiger partial charge in [-0.25, -0.2) is 24.2 Å². The standard InChI is InChI=1S/C32H27F9N2O6/c33-30(34,35)19-13-18(14-20(15-19)31(36,37)38)16-42-12-6-5-11-26(27(44)48-49-28(45)32(39,40)41)43-29(46)47-17-25-23-9-3-1-7-21(23)22-8-2-4-10-24(22)25/h1-4,7-10,13-15,25-26,42H,5-6,11-12,16-17H2,(H,43,46)/t26-/m0/s1. The molecule has 0 saturated heterocycles. The molecule has 4 rings (SSSR count). The molecule has 264 valence electrons. The molecule has 1 aliphatic rings. The Labute approximate surface area is 272 Å². The van der Waals surface area contributed by atoms with Crippen molar-refractivity contribution in [1.29, 1.82) is 0 Å². The van der Waals surface area contributed by atoms with E-state index in [9.17, 15) is 53.9 Å². The van der Waals surface area contributed by atoms with Crippen LogP contribution in [0.2, 0.25) is 0 Å². The van der Waals surface area contributed by atoms with Crippen LogP contribution in [0.4, 0.5) is 44.3 Å². The molecule has 0 radical (unpaired) electrons. The van der Waals surface area contributed by atoms with Crippen LogP contribution in [0.3, 0.4) is 0 Å². The van der Waals surface area contributed by atoms with Gasteiger partial charge in [-0.15, -0.1) is 0 Å². The lowest BCUT2D eigenvalue weighted by molar-refractivity contribution is -0.286. The maximum atomic E-state index is 13.1. The number of fused-ring (bicyclic) bond motifs is 3. The van der Waals surface area contributed by atoms with Crippen molar-refractivity contribution in [2.75, 3.05) is 13.2 Å². The van der Waals surface area contributed by atoms with Gasteiger partial charge in [-0.3, -0.25) is 0 Å². The highest BCUT2D eigenvalue weighted by molar-refractivity contribution is 5.83. The van der Waals surface area contributed by atoms with E-state index in [2.05, 4.69) is 20.4 Å². The van der Waals surface area contributed by atoms with Gasteiger partial charge in [0.1, 0.15) is 12.6 Å². The maximum absolute atomic E-state index is 13.1. The van der Waals surface area contributed by atoms with Crippen LogP contribution >= 0.6 is 0 Å². The average molecular weight is 707 g/mol. The fourth-order valence-electron chi connectivity index (χ4n) is 5.17. The lowest BCUT2D eigenvalue weighted by atomic mass is 9.98. The highest BCUT2D eigenvalue weighted by atomic mass is 19.4. The molecule has 8 nitrogen and oxygen atoms in total. The second-order valence-corrected chi connectivity index (χ2v) is 10.9. The SMILES string of the molecule is O=C(N[C@@H](CCCCNCc1cc(C(F)(F)F)cc(C(F)(F)F)c1)C(=O)OOC(=O)C(F)(F)F)OCC1c2ccccc2-c2ccccc21. The molecule has 1 aliphatic carbocycles. The Morgan fingerprint density at radius 2 is 1.29 bits per heavy atom. The molecule has 1 atom stereocenters. The van der Waals surface area contributed by atoms with Crippen molar-refractivity contribution in [3.8, 4) is 11.1 Å². The highest BCUT2D eigenvalue weighted by Gasteiger charge is 2.43. The Bertz CT molecular complexity index is 1580. The molecule has 0 saturated carbocycles. The Balaban J connectivity index is 1.34. The molecule has 3 aromatic carbocycles. The summed E-state index contributed by atoms with van der Waals surface area (Å²) in [5, 5.41) is 4.84. The molecule has 2 N–H and O–H groups in total. The minimum atomic E-state index is -5.48. The van der Waals surface area contributed by atoms with E-state index >= 15 is 0 Å². The Morgan fingerprint density at radius 3 is 1.82 bits per heavy atom. The minimum absolute atomic E-state index is 0.00170. The molecule has 0 spiro atoms. The molecule has 3 aromatic rings. The van der Waals surface area contributed by atoms with Gasteiger partial charge in [0.15, 0.2) is 0 Å². The summed E-state index contributed by atoms with van der Waals surface area (Å²) in [6.07, 6.45) is -16.8. The molecular formula is C32H27F9N2O6. The summed E-state index contributed by atoms with van der Waals surface area (Å²) in [4.78, 5) is 43.7. The van der Waals surface area contributed by atoms with Gasteiger partial charge in [-0.2, -0.15) is 39.5 Å². The first-order valence-corrected chi connectivity index (χ1v) is 14.5. The van der Waals surface area contributed by atoms with Gasteiger partial charge in [-0.1, -0.05) is 48.5 Å². The Hall–Kier alpha value is -4.80. The predicted octanol–water partition coefficient (Wildman–Crippen LogP) is 7.46. The maximum Gasteiger partial charge on any atom is 0.495 e. The quantitative estimate of drug-likeness (QED) is 0.0925. The van der Waals surface area contributed by atoms with Crippen LogP contribution in [0.5, 0.6) is 0 Å². The number of nitrogens with one attached hydrogen (secondary N) is 2. The van der Waals surface area contributed by atoms with Gasteiger partial charge in [0.2, 0.25) is 0 Å². The van der Waals surface area contributed by atoms with Crippen molar-refractivity contribution in [3.05, 3.63) is 94.5 Å². The number of benzene rings is 3. The summed E-state index contributed by atoms with van der Waals surface area (Å²) in [6.45, 7) is -0.558. The Kier molecular flexibility index (Phi) is 11.5. The summed E-state index contributed by atoms with van der Waals surface area (Å²) in [7, 11) is 0. The van der Waals surface area contributed by atoms with Crippen molar-refractivity contribution >= 4 is 18.0 Å². The molecule has 17 heteroatoms. The molecule has 0 bridgehead atoms. The van der Waals surface area contributed by atoms with E-state index in [0.29, 0.717) is 12.1 Å². The zero-order valence-electron chi connectivity index (χ0n) is 25.1. The van der Waals surface area contributed by atoms with Crippen LogP contribution in [0.15, 0.2) is 66.7 Å². The molecule has 0 fully saturated rings. The van der Waals surface area contributed by atoms with E-state index in [4.69, 9.17) is 4.74 Å². The monoisotopic (exact) mass is 706 g/mol. The first-order chi connectivity index (χ1) is 22.9. The van der Waals surface area contributed by atoms with Gasteiger partial charge < -0.3 is 15.4 Å². The molecular weight excluding hydrogens is 679 g/mol. The largest absolute Gasteiger partial charge is 0.495 e. The molecule has 1 amide bonds. The smallest absolute Gasteiger partial charge is 0.449 e. The normalized spacial score (nSPS) is 13.7.